The van der Waals surface area contributed by atoms with Crippen LogP contribution in [0.25, 0.3) is 11.0 Å². The summed E-state index contributed by atoms with van der Waals surface area (Å²) in [5, 5.41) is 13.2. The zero-order chi connectivity index (χ0) is 14.8. The van der Waals surface area contributed by atoms with Crippen molar-refractivity contribution in [2.24, 2.45) is 0 Å². The average molecular weight is 322 g/mol. The summed E-state index contributed by atoms with van der Waals surface area (Å²) < 4.78 is 6.38. The highest BCUT2D eigenvalue weighted by atomic mass is 35.5. The number of carboxylic acids is 1. The van der Waals surface area contributed by atoms with Gasteiger partial charge in [-0.15, -0.1) is 11.3 Å². The summed E-state index contributed by atoms with van der Waals surface area (Å²) in [4.78, 5) is 12.5. The Labute approximate surface area is 130 Å². The monoisotopic (exact) mass is 321 g/mol. The number of nitrogens with one attached hydrogen (secondary N) is 1. The minimum Gasteiger partial charge on any atom is -0.478 e. The van der Waals surface area contributed by atoms with Crippen LogP contribution in [0.2, 0.25) is 4.34 Å². The molecule has 0 aliphatic rings. The highest BCUT2D eigenvalue weighted by molar-refractivity contribution is 7.16. The van der Waals surface area contributed by atoms with Crippen LogP contribution in [0.15, 0.2) is 40.8 Å². The minimum absolute atomic E-state index is 0.224. The summed E-state index contributed by atoms with van der Waals surface area (Å²) in [5.74, 6) is -0.540. The van der Waals surface area contributed by atoms with E-state index in [1.54, 1.807) is 18.2 Å². The van der Waals surface area contributed by atoms with Crippen LogP contribution in [-0.2, 0) is 13.1 Å². The predicted octanol–water partition coefficient (Wildman–Crippen LogP) is 4.14. The number of para-hydroxylation sites is 1. The second kappa shape index (κ2) is 5.89. The van der Waals surface area contributed by atoms with Gasteiger partial charge in [-0.05, 0) is 18.2 Å². The Kier molecular flexibility index (Phi) is 3.96. The number of thiophene rings is 1. The van der Waals surface area contributed by atoms with Crippen LogP contribution in [0.1, 0.15) is 21.0 Å². The van der Waals surface area contributed by atoms with Crippen LogP contribution in [0.3, 0.4) is 0 Å². The van der Waals surface area contributed by atoms with Crippen LogP contribution >= 0.6 is 22.9 Å². The van der Waals surface area contributed by atoms with Gasteiger partial charge in [-0.3, -0.25) is 0 Å². The first-order valence-corrected chi connectivity index (χ1v) is 7.53. The Morgan fingerprint density at radius 2 is 2.05 bits per heavy atom. The first-order valence-electron chi connectivity index (χ1n) is 6.34. The standard InChI is InChI=1S/C15H12ClNO3S/c16-13-6-5-9(21-13)7-17-8-12-14(15(18)19)10-3-1-2-4-11(10)20-12/h1-6,17H,7-8H2,(H,18,19). The molecule has 0 bridgehead atoms. The fourth-order valence-corrected chi connectivity index (χ4v) is 3.26. The van der Waals surface area contributed by atoms with Gasteiger partial charge in [0.05, 0.1) is 10.9 Å². The molecule has 3 rings (SSSR count). The number of rotatable bonds is 5. The summed E-state index contributed by atoms with van der Waals surface area (Å²) in [6, 6.07) is 10.9. The van der Waals surface area contributed by atoms with Crippen molar-refractivity contribution < 1.29 is 14.3 Å². The van der Waals surface area contributed by atoms with Gasteiger partial charge >= 0.3 is 5.97 Å². The molecule has 108 valence electrons. The number of hydrogen-bond acceptors (Lipinski definition) is 4. The molecule has 0 aliphatic heterocycles. The van der Waals surface area contributed by atoms with E-state index in [4.69, 9.17) is 16.0 Å². The van der Waals surface area contributed by atoms with E-state index in [9.17, 15) is 9.90 Å². The molecule has 4 nitrogen and oxygen atoms in total. The lowest BCUT2D eigenvalue weighted by atomic mass is 10.1. The number of benzene rings is 1. The van der Waals surface area contributed by atoms with Crippen molar-refractivity contribution in [1.29, 1.82) is 0 Å². The van der Waals surface area contributed by atoms with E-state index in [1.165, 1.54) is 11.3 Å². The molecule has 21 heavy (non-hydrogen) atoms. The van der Waals surface area contributed by atoms with E-state index in [1.807, 2.05) is 18.2 Å². The SMILES string of the molecule is O=C(O)c1c(CNCc2ccc(Cl)s2)oc2ccccc12. The number of hydrogen-bond donors (Lipinski definition) is 2. The molecular weight excluding hydrogens is 310 g/mol. The highest BCUT2D eigenvalue weighted by Crippen LogP contribution is 2.26. The average Bonchev–Trinajstić information content (AvgIpc) is 3.02. The smallest absolute Gasteiger partial charge is 0.339 e. The molecule has 0 aliphatic carbocycles. The molecule has 3 aromatic rings. The number of carbonyl (C=O) groups is 1. The zero-order valence-corrected chi connectivity index (χ0v) is 12.5. The Balaban J connectivity index is 1.80. The van der Waals surface area contributed by atoms with Crippen molar-refractivity contribution in [2.45, 2.75) is 13.1 Å². The lowest BCUT2D eigenvalue weighted by molar-refractivity contribution is 0.0696. The van der Waals surface area contributed by atoms with Crippen molar-refractivity contribution >= 4 is 39.9 Å². The lowest BCUT2D eigenvalue weighted by Gasteiger charge is -2.01. The maximum atomic E-state index is 11.4. The van der Waals surface area contributed by atoms with Crippen molar-refractivity contribution in [2.75, 3.05) is 0 Å². The molecule has 0 saturated heterocycles. The van der Waals surface area contributed by atoms with E-state index in [2.05, 4.69) is 5.32 Å². The van der Waals surface area contributed by atoms with Crippen LogP contribution in [-0.4, -0.2) is 11.1 Å². The number of carboxylic acid groups (broad SMARTS) is 1. The van der Waals surface area contributed by atoms with Crippen LogP contribution in [0, 0.1) is 0 Å². The van der Waals surface area contributed by atoms with Crippen LogP contribution in [0.5, 0.6) is 0 Å². The number of aromatic carboxylic acids is 1. The molecule has 6 heteroatoms. The van der Waals surface area contributed by atoms with Crippen molar-refractivity contribution in [3.05, 3.63) is 56.9 Å². The van der Waals surface area contributed by atoms with Crippen LogP contribution < -0.4 is 5.32 Å². The fourth-order valence-electron chi connectivity index (χ4n) is 2.20. The normalized spacial score (nSPS) is 11.1. The molecule has 0 unspecified atom stereocenters. The summed E-state index contributed by atoms with van der Waals surface area (Å²) >= 11 is 7.37. The Bertz CT molecular complexity index is 793. The Morgan fingerprint density at radius 3 is 2.76 bits per heavy atom. The molecule has 0 saturated carbocycles. The molecule has 0 radical (unpaired) electrons. The van der Waals surface area contributed by atoms with Crippen molar-refractivity contribution in [3.8, 4) is 0 Å². The van der Waals surface area contributed by atoms with E-state index in [0.717, 1.165) is 9.21 Å². The third-order valence-electron chi connectivity index (χ3n) is 3.10. The fraction of sp³-hybridized carbons (Fsp3) is 0.133. The quantitative estimate of drug-likeness (QED) is 0.741. The molecule has 0 spiro atoms. The molecule has 2 N–H and O–H groups in total. The lowest BCUT2D eigenvalue weighted by Crippen LogP contribution is -2.13. The van der Waals surface area contributed by atoms with Gasteiger partial charge in [-0.25, -0.2) is 4.79 Å². The van der Waals surface area contributed by atoms with Gasteiger partial charge in [-0.2, -0.15) is 0 Å². The van der Waals surface area contributed by atoms with Gasteiger partial charge in [0.25, 0.3) is 0 Å². The molecule has 1 aromatic carbocycles. The van der Waals surface area contributed by atoms with E-state index >= 15 is 0 Å². The van der Waals surface area contributed by atoms with Gasteiger partial charge in [0, 0.05) is 16.8 Å². The van der Waals surface area contributed by atoms with Gasteiger partial charge in [0.15, 0.2) is 0 Å². The van der Waals surface area contributed by atoms with Gasteiger partial charge < -0.3 is 14.8 Å². The second-order valence-corrected chi connectivity index (χ2v) is 6.31. The summed E-state index contributed by atoms with van der Waals surface area (Å²) in [6.45, 7) is 0.972. The largest absolute Gasteiger partial charge is 0.478 e. The molecule has 2 heterocycles. The van der Waals surface area contributed by atoms with Gasteiger partial charge in [0.1, 0.15) is 16.9 Å². The molecule has 0 amide bonds. The Morgan fingerprint density at radius 1 is 1.24 bits per heavy atom. The van der Waals surface area contributed by atoms with E-state index in [0.29, 0.717) is 29.8 Å². The first kappa shape index (κ1) is 14.1. The Hall–Kier alpha value is -1.82. The third-order valence-corrected chi connectivity index (χ3v) is 4.33. The van der Waals surface area contributed by atoms with Crippen molar-refractivity contribution in [3.63, 3.8) is 0 Å². The minimum atomic E-state index is -0.976. The second-order valence-electron chi connectivity index (χ2n) is 4.51. The van der Waals surface area contributed by atoms with Gasteiger partial charge in [-0.1, -0.05) is 29.8 Å². The molecule has 0 atom stereocenters. The number of halogens is 1. The maximum Gasteiger partial charge on any atom is 0.339 e. The predicted molar refractivity (Wildman–Crippen MR) is 83.0 cm³/mol. The summed E-state index contributed by atoms with van der Waals surface area (Å²) in [5.41, 5.74) is 0.813. The van der Waals surface area contributed by atoms with Crippen molar-refractivity contribution in [1.82, 2.24) is 5.32 Å². The van der Waals surface area contributed by atoms with E-state index in [-0.39, 0.29) is 5.56 Å². The topological polar surface area (TPSA) is 62.5 Å². The summed E-state index contributed by atoms with van der Waals surface area (Å²) in [6.07, 6.45) is 0. The van der Waals surface area contributed by atoms with Gasteiger partial charge in [0.2, 0.25) is 0 Å². The maximum absolute atomic E-state index is 11.4. The highest BCUT2D eigenvalue weighted by Gasteiger charge is 2.19. The molecular formula is C15H12ClNO3S. The van der Waals surface area contributed by atoms with Crippen LogP contribution in [0.4, 0.5) is 0 Å². The first-order chi connectivity index (χ1) is 10.1. The zero-order valence-electron chi connectivity index (χ0n) is 10.9. The third kappa shape index (κ3) is 2.95. The van der Waals surface area contributed by atoms with E-state index < -0.39 is 5.97 Å². The molecule has 2 aromatic heterocycles. The number of furan rings is 1. The molecule has 0 fully saturated rings. The number of fused-ring (bicyclic) bond motifs is 1. The summed E-state index contributed by atoms with van der Waals surface area (Å²) in [7, 11) is 0.